The van der Waals surface area contributed by atoms with Crippen molar-refractivity contribution in [2.24, 2.45) is 0 Å². The minimum absolute atomic E-state index is 0.207. The van der Waals surface area contributed by atoms with E-state index in [1.165, 1.54) is 31.5 Å². The molecule has 0 spiro atoms. The van der Waals surface area contributed by atoms with Crippen molar-refractivity contribution in [1.82, 2.24) is 29.6 Å². The van der Waals surface area contributed by atoms with Crippen molar-refractivity contribution in [3.63, 3.8) is 0 Å². The first kappa shape index (κ1) is 21.1. The van der Waals surface area contributed by atoms with Crippen molar-refractivity contribution in [3.05, 3.63) is 65.5 Å². The van der Waals surface area contributed by atoms with Crippen LogP contribution in [0.4, 0.5) is 5.82 Å². The smallest absolute Gasteiger partial charge is 0.320 e. The average molecular weight is 446 g/mol. The fraction of sp³-hybridized carbons (Fsp3) is 0.333. The predicted octanol–water partition coefficient (Wildman–Crippen LogP) is 3.04. The molecule has 0 bridgehead atoms. The second-order valence-electron chi connectivity index (χ2n) is 8.23. The molecule has 9 nitrogen and oxygen atoms in total. The molecule has 33 heavy (non-hydrogen) atoms. The van der Waals surface area contributed by atoms with Crippen LogP contribution in [0.3, 0.4) is 0 Å². The van der Waals surface area contributed by atoms with E-state index in [1.807, 2.05) is 10.7 Å². The summed E-state index contributed by atoms with van der Waals surface area (Å²) in [5, 5.41) is 5.19. The van der Waals surface area contributed by atoms with E-state index in [-0.39, 0.29) is 12.6 Å². The maximum absolute atomic E-state index is 6.16. The van der Waals surface area contributed by atoms with Crippen LogP contribution >= 0.6 is 0 Å². The number of hydrogen-bond donors (Lipinski definition) is 1. The number of benzene rings is 1. The zero-order valence-electron chi connectivity index (χ0n) is 18.6. The Hall–Kier alpha value is -3.72. The Bertz CT molecular complexity index is 1230. The van der Waals surface area contributed by atoms with Gasteiger partial charge in [0.2, 0.25) is 5.88 Å². The van der Waals surface area contributed by atoms with E-state index in [1.54, 1.807) is 25.6 Å². The van der Waals surface area contributed by atoms with E-state index in [0.717, 1.165) is 17.7 Å². The van der Waals surface area contributed by atoms with Gasteiger partial charge in [-0.25, -0.2) is 9.67 Å². The molecule has 0 amide bonds. The lowest BCUT2D eigenvalue weighted by Crippen LogP contribution is -2.18. The third-order valence-corrected chi connectivity index (χ3v) is 5.84. The van der Waals surface area contributed by atoms with Crippen molar-refractivity contribution in [2.75, 3.05) is 25.9 Å². The van der Waals surface area contributed by atoms with E-state index < -0.39 is 0 Å². The fourth-order valence-electron chi connectivity index (χ4n) is 4.06. The summed E-state index contributed by atoms with van der Waals surface area (Å²) in [4.78, 5) is 15.4. The number of aromatic nitrogens is 5. The number of fused-ring (bicyclic) bond motifs is 1. The fourth-order valence-corrected chi connectivity index (χ4v) is 4.06. The molecule has 0 aliphatic carbocycles. The standard InChI is InChI=1S/C24H27N7O2/c1-32-21-12-19(8-9-26-21)16-33-24-28-22(25)20-13-27-31(23(20)29-24)15-18-6-4-17(5-7-18)14-30-10-2-3-11-30/h4-9,12-13H,2-3,10-11,14-16H2,1H3,(H2,25,28,29). The monoisotopic (exact) mass is 445 g/mol. The summed E-state index contributed by atoms with van der Waals surface area (Å²) in [6, 6.07) is 12.6. The van der Waals surface area contributed by atoms with Crippen LogP contribution in [0.2, 0.25) is 0 Å². The molecule has 0 atom stereocenters. The Morgan fingerprint density at radius 3 is 2.48 bits per heavy atom. The number of rotatable bonds is 8. The van der Waals surface area contributed by atoms with Crippen LogP contribution in [0.15, 0.2) is 48.8 Å². The lowest BCUT2D eigenvalue weighted by molar-refractivity contribution is 0.281. The van der Waals surface area contributed by atoms with E-state index in [0.29, 0.717) is 29.3 Å². The summed E-state index contributed by atoms with van der Waals surface area (Å²) in [6.07, 6.45) is 5.97. The second-order valence-corrected chi connectivity index (χ2v) is 8.23. The maximum atomic E-state index is 6.16. The molecular formula is C24H27N7O2. The maximum Gasteiger partial charge on any atom is 0.320 e. The summed E-state index contributed by atoms with van der Waals surface area (Å²) in [5.41, 5.74) is 10.2. The van der Waals surface area contributed by atoms with Gasteiger partial charge in [0.25, 0.3) is 0 Å². The molecule has 9 heteroatoms. The Kier molecular flexibility index (Phi) is 6.03. The Labute approximate surface area is 192 Å². The molecule has 5 rings (SSSR count). The van der Waals surface area contributed by atoms with Gasteiger partial charge < -0.3 is 15.2 Å². The van der Waals surface area contributed by atoms with Gasteiger partial charge in [-0.15, -0.1) is 0 Å². The molecule has 1 aliphatic heterocycles. The van der Waals surface area contributed by atoms with Crippen LogP contribution in [-0.2, 0) is 19.7 Å². The SMILES string of the molecule is COc1cc(COc2nc(N)c3cnn(Cc4ccc(CN5CCCC5)cc4)c3n2)ccn1. The second kappa shape index (κ2) is 9.41. The van der Waals surface area contributed by atoms with Crippen LogP contribution in [-0.4, -0.2) is 49.8 Å². The summed E-state index contributed by atoms with van der Waals surface area (Å²) in [5.74, 6) is 0.867. The summed E-state index contributed by atoms with van der Waals surface area (Å²) >= 11 is 0. The highest BCUT2D eigenvalue weighted by Gasteiger charge is 2.14. The van der Waals surface area contributed by atoms with Gasteiger partial charge in [0.05, 0.1) is 25.2 Å². The van der Waals surface area contributed by atoms with Gasteiger partial charge in [-0.2, -0.15) is 15.1 Å². The highest BCUT2D eigenvalue weighted by atomic mass is 16.5. The summed E-state index contributed by atoms with van der Waals surface area (Å²) in [6.45, 7) is 4.27. The molecule has 1 aliphatic rings. The molecule has 1 fully saturated rings. The highest BCUT2D eigenvalue weighted by Crippen LogP contribution is 2.22. The number of likely N-dealkylation sites (tertiary alicyclic amines) is 1. The van der Waals surface area contributed by atoms with Gasteiger partial charge in [0.1, 0.15) is 12.4 Å². The number of anilines is 1. The highest BCUT2D eigenvalue weighted by molar-refractivity contribution is 5.85. The third kappa shape index (κ3) is 4.88. The van der Waals surface area contributed by atoms with E-state index >= 15 is 0 Å². The first-order valence-corrected chi connectivity index (χ1v) is 11.1. The van der Waals surface area contributed by atoms with Crippen molar-refractivity contribution in [2.45, 2.75) is 32.5 Å². The minimum atomic E-state index is 0.207. The zero-order chi connectivity index (χ0) is 22.6. The van der Waals surface area contributed by atoms with Crippen molar-refractivity contribution >= 4 is 16.9 Å². The normalized spacial score (nSPS) is 14.1. The zero-order valence-corrected chi connectivity index (χ0v) is 18.6. The van der Waals surface area contributed by atoms with Crippen LogP contribution < -0.4 is 15.2 Å². The minimum Gasteiger partial charge on any atom is -0.481 e. The lowest BCUT2D eigenvalue weighted by Gasteiger charge is -2.14. The Balaban J connectivity index is 1.30. The first-order valence-electron chi connectivity index (χ1n) is 11.1. The Morgan fingerprint density at radius 2 is 1.73 bits per heavy atom. The van der Waals surface area contributed by atoms with Crippen molar-refractivity contribution < 1.29 is 9.47 Å². The van der Waals surface area contributed by atoms with E-state index in [2.05, 4.69) is 49.2 Å². The number of methoxy groups -OCH3 is 1. The quantitative estimate of drug-likeness (QED) is 0.441. The molecule has 0 radical (unpaired) electrons. The lowest BCUT2D eigenvalue weighted by atomic mass is 10.1. The molecule has 2 N–H and O–H groups in total. The Morgan fingerprint density at radius 1 is 0.970 bits per heavy atom. The van der Waals surface area contributed by atoms with E-state index in [4.69, 9.17) is 15.2 Å². The van der Waals surface area contributed by atoms with Gasteiger partial charge in [-0.3, -0.25) is 4.90 Å². The molecule has 4 heterocycles. The number of nitrogens with zero attached hydrogens (tertiary/aromatic N) is 6. The van der Waals surface area contributed by atoms with Gasteiger partial charge >= 0.3 is 6.01 Å². The largest absolute Gasteiger partial charge is 0.481 e. The number of ether oxygens (including phenoxy) is 2. The summed E-state index contributed by atoms with van der Waals surface area (Å²) in [7, 11) is 1.58. The number of hydrogen-bond acceptors (Lipinski definition) is 8. The molecule has 0 unspecified atom stereocenters. The molecule has 1 aromatic carbocycles. The molecule has 170 valence electrons. The topological polar surface area (TPSA) is 104 Å². The molecule has 0 saturated carbocycles. The van der Waals surface area contributed by atoms with Crippen LogP contribution in [0.25, 0.3) is 11.0 Å². The van der Waals surface area contributed by atoms with Crippen LogP contribution in [0.5, 0.6) is 11.9 Å². The van der Waals surface area contributed by atoms with Crippen molar-refractivity contribution in [3.8, 4) is 11.9 Å². The van der Waals surface area contributed by atoms with Crippen LogP contribution in [0, 0.1) is 0 Å². The molecule has 4 aromatic rings. The van der Waals surface area contributed by atoms with Crippen molar-refractivity contribution in [1.29, 1.82) is 0 Å². The van der Waals surface area contributed by atoms with Gasteiger partial charge in [0, 0.05) is 18.8 Å². The molecule has 3 aromatic heterocycles. The number of nitrogens with two attached hydrogens (primary N) is 1. The first-order chi connectivity index (χ1) is 16.2. The van der Waals surface area contributed by atoms with Gasteiger partial charge in [0.15, 0.2) is 5.65 Å². The van der Waals surface area contributed by atoms with Gasteiger partial charge in [-0.05, 0) is 48.7 Å². The summed E-state index contributed by atoms with van der Waals surface area (Å²) < 4.78 is 12.8. The average Bonchev–Trinajstić information content (AvgIpc) is 3.50. The predicted molar refractivity (Wildman–Crippen MR) is 125 cm³/mol. The van der Waals surface area contributed by atoms with Gasteiger partial charge in [-0.1, -0.05) is 24.3 Å². The van der Waals surface area contributed by atoms with E-state index in [9.17, 15) is 0 Å². The number of nitrogen functional groups attached to an aromatic ring is 1. The number of pyridine rings is 1. The van der Waals surface area contributed by atoms with Crippen LogP contribution in [0.1, 0.15) is 29.5 Å². The molecular weight excluding hydrogens is 418 g/mol. The molecule has 1 saturated heterocycles. The third-order valence-electron chi connectivity index (χ3n) is 5.84.